The minimum atomic E-state index is 0.215. The van der Waals surface area contributed by atoms with Crippen molar-refractivity contribution >= 4 is 5.91 Å². The molecule has 1 aliphatic heterocycles. The smallest absolute Gasteiger partial charge is 0.223 e. The molecule has 0 saturated heterocycles. The van der Waals surface area contributed by atoms with Gasteiger partial charge in [0.15, 0.2) is 11.5 Å². The van der Waals surface area contributed by atoms with Crippen molar-refractivity contribution in [3.05, 3.63) is 23.8 Å². The van der Waals surface area contributed by atoms with Crippen molar-refractivity contribution in [2.24, 2.45) is 17.8 Å². The van der Waals surface area contributed by atoms with E-state index in [-0.39, 0.29) is 11.8 Å². The van der Waals surface area contributed by atoms with Crippen LogP contribution >= 0.6 is 0 Å². The van der Waals surface area contributed by atoms with Crippen molar-refractivity contribution in [2.75, 3.05) is 13.2 Å². The number of ether oxygens (including phenoxy) is 2. The molecule has 2 atom stereocenters. The van der Waals surface area contributed by atoms with Crippen molar-refractivity contribution < 1.29 is 14.3 Å². The first kappa shape index (κ1) is 12.1. The lowest BCUT2D eigenvalue weighted by Gasteiger charge is -2.19. The number of fused-ring (bicyclic) bond motifs is 2. The van der Waals surface area contributed by atoms with E-state index in [2.05, 4.69) is 5.32 Å². The standard InChI is InChI=1S/C16H19NO3/c18-16(13-7-11-6-12(11)8-13)17-9-10-1-2-14-15(5-10)20-4-3-19-14/h1-2,5,11-13H,3-4,6-9H2,(H,17,18). The molecule has 1 N–H and O–H groups in total. The second-order valence-corrected chi connectivity index (χ2v) is 6.12. The number of nitrogens with one attached hydrogen (secondary N) is 1. The summed E-state index contributed by atoms with van der Waals surface area (Å²) in [5, 5.41) is 3.05. The van der Waals surface area contributed by atoms with Crippen LogP contribution in [0.15, 0.2) is 18.2 Å². The Balaban J connectivity index is 1.35. The van der Waals surface area contributed by atoms with E-state index in [0.29, 0.717) is 19.8 Å². The van der Waals surface area contributed by atoms with E-state index in [9.17, 15) is 4.79 Å². The Morgan fingerprint density at radius 3 is 2.65 bits per heavy atom. The van der Waals surface area contributed by atoms with Crippen LogP contribution < -0.4 is 14.8 Å². The zero-order chi connectivity index (χ0) is 13.5. The molecule has 1 aromatic carbocycles. The van der Waals surface area contributed by atoms with Crippen LogP contribution in [0.2, 0.25) is 0 Å². The van der Waals surface area contributed by atoms with Gasteiger partial charge in [-0.1, -0.05) is 6.07 Å². The third-order valence-electron chi connectivity index (χ3n) is 4.69. The molecule has 1 amide bonds. The van der Waals surface area contributed by atoms with Gasteiger partial charge in [-0.25, -0.2) is 0 Å². The molecule has 4 rings (SSSR count). The Labute approximate surface area is 118 Å². The van der Waals surface area contributed by atoms with Gasteiger partial charge in [0, 0.05) is 12.5 Å². The van der Waals surface area contributed by atoms with E-state index < -0.39 is 0 Å². The Bertz CT molecular complexity index is 533. The van der Waals surface area contributed by atoms with E-state index in [1.807, 2.05) is 18.2 Å². The minimum absolute atomic E-state index is 0.215. The SMILES string of the molecule is O=C(NCc1ccc2c(c1)OCCO2)C1CC2CC2C1. The van der Waals surface area contributed by atoms with Crippen LogP contribution in [0.5, 0.6) is 11.5 Å². The Morgan fingerprint density at radius 2 is 1.85 bits per heavy atom. The molecule has 2 aliphatic carbocycles. The summed E-state index contributed by atoms with van der Waals surface area (Å²) >= 11 is 0. The average Bonchev–Trinajstić information content (AvgIpc) is 3.10. The highest BCUT2D eigenvalue weighted by atomic mass is 16.6. The summed E-state index contributed by atoms with van der Waals surface area (Å²) in [5.74, 6) is 3.73. The predicted octanol–water partition coefficient (Wildman–Crippen LogP) is 2.12. The number of hydrogen-bond donors (Lipinski definition) is 1. The van der Waals surface area contributed by atoms with Gasteiger partial charge in [0.1, 0.15) is 13.2 Å². The number of rotatable bonds is 3. The van der Waals surface area contributed by atoms with Gasteiger partial charge in [-0.15, -0.1) is 0 Å². The Morgan fingerprint density at radius 1 is 1.10 bits per heavy atom. The molecular formula is C16H19NO3. The Kier molecular flexibility index (Phi) is 2.83. The monoisotopic (exact) mass is 273 g/mol. The van der Waals surface area contributed by atoms with E-state index in [1.165, 1.54) is 6.42 Å². The molecule has 4 nitrogen and oxygen atoms in total. The van der Waals surface area contributed by atoms with Gasteiger partial charge in [0.25, 0.3) is 0 Å². The lowest BCUT2D eigenvalue weighted by molar-refractivity contribution is -0.125. The lowest BCUT2D eigenvalue weighted by atomic mass is 10.0. The van der Waals surface area contributed by atoms with Crippen LogP contribution in [0.1, 0.15) is 24.8 Å². The molecule has 2 saturated carbocycles. The zero-order valence-electron chi connectivity index (χ0n) is 11.4. The maximum Gasteiger partial charge on any atom is 0.223 e. The molecule has 0 spiro atoms. The van der Waals surface area contributed by atoms with Crippen LogP contribution in [0.4, 0.5) is 0 Å². The fourth-order valence-electron chi connectivity index (χ4n) is 3.46. The molecule has 3 aliphatic rings. The van der Waals surface area contributed by atoms with Crippen molar-refractivity contribution in [3.8, 4) is 11.5 Å². The summed E-state index contributed by atoms with van der Waals surface area (Å²) in [5.41, 5.74) is 1.06. The molecule has 1 aromatic rings. The van der Waals surface area contributed by atoms with Gasteiger partial charge < -0.3 is 14.8 Å². The first-order valence-corrected chi connectivity index (χ1v) is 7.46. The van der Waals surface area contributed by atoms with Crippen LogP contribution in [-0.4, -0.2) is 19.1 Å². The first-order chi connectivity index (χ1) is 9.79. The number of carbonyl (C=O) groups excluding carboxylic acids is 1. The summed E-state index contributed by atoms with van der Waals surface area (Å²) in [4.78, 5) is 12.1. The third-order valence-corrected chi connectivity index (χ3v) is 4.69. The van der Waals surface area contributed by atoms with Crippen LogP contribution in [0.25, 0.3) is 0 Å². The van der Waals surface area contributed by atoms with E-state index in [1.54, 1.807) is 0 Å². The molecule has 4 heteroatoms. The minimum Gasteiger partial charge on any atom is -0.486 e. The summed E-state index contributed by atoms with van der Waals surface area (Å²) in [6.45, 7) is 1.77. The van der Waals surface area contributed by atoms with E-state index in [4.69, 9.17) is 9.47 Å². The van der Waals surface area contributed by atoms with E-state index in [0.717, 1.165) is 41.7 Å². The van der Waals surface area contributed by atoms with Crippen molar-refractivity contribution in [1.82, 2.24) is 5.32 Å². The third kappa shape index (κ3) is 2.23. The number of benzene rings is 1. The molecule has 1 heterocycles. The lowest BCUT2D eigenvalue weighted by Crippen LogP contribution is -2.29. The highest BCUT2D eigenvalue weighted by molar-refractivity contribution is 5.79. The number of amides is 1. The van der Waals surface area contributed by atoms with Gasteiger partial charge in [0.2, 0.25) is 5.91 Å². The summed E-state index contributed by atoms with van der Waals surface area (Å²) in [7, 11) is 0. The molecule has 0 aromatic heterocycles. The van der Waals surface area contributed by atoms with E-state index >= 15 is 0 Å². The predicted molar refractivity (Wildman–Crippen MR) is 73.6 cm³/mol. The Hall–Kier alpha value is -1.71. The summed E-state index contributed by atoms with van der Waals surface area (Å²) in [6.07, 6.45) is 3.54. The van der Waals surface area contributed by atoms with Gasteiger partial charge in [-0.3, -0.25) is 4.79 Å². The fraction of sp³-hybridized carbons (Fsp3) is 0.562. The normalized spacial score (nSPS) is 29.7. The van der Waals surface area contributed by atoms with Gasteiger partial charge in [-0.2, -0.15) is 0 Å². The van der Waals surface area contributed by atoms with Crippen LogP contribution in [0.3, 0.4) is 0 Å². The molecule has 0 radical (unpaired) electrons. The van der Waals surface area contributed by atoms with Crippen molar-refractivity contribution in [2.45, 2.75) is 25.8 Å². The summed E-state index contributed by atoms with van der Waals surface area (Å²) in [6, 6.07) is 5.86. The molecule has 20 heavy (non-hydrogen) atoms. The number of hydrogen-bond acceptors (Lipinski definition) is 3. The van der Waals surface area contributed by atoms with Crippen molar-refractivity contribution in [1.29, 1.82) is 0 Å². The van der Waals surface area contributed by atoms with Crippen LogP contribution in [0, 0.1) is 17.8 Å². The second-order valence-electron chi connectivity index (χ2n) is 6.12. The highest BCUT2D eigenvalue weighted by Gasteiger charge is 2.47. The maximum atomic E-state index is 12.1. The maximum absolute atomic E-state index is 12.1. The quantitative estimate of drug-likeness (QED) is 0.917. The molecule has 106 valence electrons. The zero-order valence-corrected chi connectivity index (χ0v) is 11.4. The average molecular weight is 273 g/mol. The highest BCUT2D eigenvalue weighted by Crippen LogP contribution is 2.54. The molecule has 2 unspecified atom stereocenters. The van der Waals surface area contributed by atoms with Gasteiger partial charge >= 0.3 is 0 Å². The molecule has 2 fully saturated rings. The van der Waals surface area contributed by atoms with Crippen LogP contribution in [-0.2, 0) is 11.3 Å². The largest absolute Gasteiger partial charge is 0.486 e. The topological polar surface area (TPSA) is 47.6 Å². The fourth-order valence-corrected chi connectivity index (χ4v) is 3.46. The summed E-state index contributed by atoms with van der Waals surface area (Å²) < 4.78 is 11.0. The number of carbonyl (C=O) groups is 1. The second kappa shape index (κ2) is 4.69. The van der Waals surface area contributed by atoms with Crippen molar-refractivity contribution in [3.63, 3.8) is 0 Å². The molecular weight excluding hydrogens is 254 g/mol. The van der Waals surface area contributed by atoms with Gasteiger partial charge in [0.05, 0.1) is 0 Å². The first-order valence-electron chi connectivity index (χ1n) is 7.46. The van der Waals surface area contributed by atoms with Gasteiger partial charge in [-0.05, 0) is 48.8 Å². The molecule has 0 bridgehead atoms.